The average Bonchev–Trinajstić information content (AvgIpc) is 3.21. The molecule has 7 heteroatoms. The molecular weight excluding hydrogens is 496 g/mol. The van der Waals surface area contributed by atoms with Crippen LogP contribution >= 0.6 is 0 Å². The fourth-order valence-corrected chi connectivity index (χ4v) is 7.14. The maximum Gasteiger partial charge on any atom is 0.316 e. The molecule has 10 unspecified atom stereocenters. The molecule has 1 spiro atoms. The van der Waals surface area contributed by atoms with Crippen molar-refractivity contribution in [2.75, 3.05) is 13.7 Å². The van der Waals surface area contributed by atoms with Gasteiger partial charge in [-0.05, 0) is 63.0 Å². The third-order valence-corrected chi connectivity index (χ3v) is 9.52. The summed E-state index contributed by atoms with van der Waals surface area (Å²) in [5, 5.41) is 12.2. The van der Waals surface area contributed by atoms with E-state index in [1.165, 1.54) is 5.57 Å². The zero-order valence-electron chi connectivity index (χ0n) is 24.4. The van der Waals surface area contributed by atoms with Crippen LogP contribution in [0.2, 0.25) is 0 Å². The summed E-state index contributed by atoms with van der Waals surface area (Å²) >= 11 is 0. The van der Waals surface area contributed by atoms with Gasteiger partial charge in [-0.3, -0.25) is 4.79 Å². The molecule has 0 aromatic carbocycles. The highest BCUT2D eigenvalue weighted by Gasteiger charge is 2.60. The molecule has 7 nitrogen and oxygen atoms in total. The van der Waals surface area contributed by atoms with Gasteiger partial charge in [0.05, 0.1) is 18.8 Å². The van der Waals surface area contributed by atoms with Crippen LogP contribution in [0, 0.1) is 17.8 Å². The van der Waals surface area contributed by atoms with Gasteiger partial charge in [0.1, 0.15) is 29.8 Å². The lowest BCUT2D eigenvalue weighted by Crippen LogP contribution is -2.58. The van der Waals surface area contributed by atoms with Crippen molar-refractivity contribution in [1.29, 1.82) is 0 Å². The molecule has 0 radical (unpaired) electrons. The van der Waals surface area contributed by atoms with E-state index in [9.17, 15) is 9.90 Å². The van der Waals surface area contributed by atoms with Crippen LogP contribution in [0.5, 0.6) is 0 Å². The minimum atomic E-state index is -1.55. The number of methoxy groups -OCH3 is 1. The van der Waals surface area contributed by atoms with Gasteiger partial charge in [0.15, 0.2) is 5.79 Å². The number of esters is 1. The standard InChI is InChI=1S/C32H46O7/c1-19-8-7-9-24-18-36-29-28(35-6)22(4)15-27(32(24,29)34)30(33)37-26-16-25(11-10-20(2)14-19)39-31(17-26)13-12-21(3)23(5)38-31/h7-10,15,19,21,23,25-29,34H,11-14,16-18H2,1-6H3/b8-7+,20-10?,24-9?. The monoisotopic (exact) mass is 542 g/mol. The number of carbonyl (C=O) groups excluding carboxylic acids is 1. The first-order chi connectivity index (χ1) is 18.5. The lowest BCUT2D eigenvalue weighted by atomic mass is 9.70. The lowest BCUT2D eigenvalue weighted by molar-refractivity contribution is -0.332. The highest BCUT2D eigenvalue weighted by molar-refractivity contribution is 5.78. The number of carbonyl (C=O) groups is 1. The van der Waals surface area contributed by atoms with E-state index in [2.05, 4.69) is 39.8 Å². The maximum absolute atomic E-state index is 13.9. The van der Waals surface area contributed by atoms with E-state index in [1.807, 2.05) is 25.2 Å². The van der Waals surface area contributed by atoms with Gasteiger partial charge in [-0.15, -0.1) is 0 Å². The van der Waals surface area contributed by atoms with Crippen molar-refractivity contribution >= 4 is 5.97 Å². The fraction of sp³-hybridized carbons (Fsp3) is 0.719. The van der Waals surface area contributed by atoms with Crippen LogP contribution in [0.15, 0.2) is 47.1 Å². The van der Waals surface area contributed by atoms with Gasteiger partial charge in [0.25, 0.3) is 0 Å². The number of allylic oxidation sites excluding steroid dienone is 4. The number of hydrogen-bond acceptors (Lipinski definition) is 7. The number of aliphatic hydroxyl groups is 1. The van der Waals surface area contributed by atoms with Crippen LogP contribution in [0.1, 0.15) is 73.1 Å². The Hall–Kier alpha value is -1.77. The smallest absolute Gasteiger partial charge is 0.316 e. The van der Waals surface area contributed by atoms with Crippen LogP contribution in [-0.4, -0.2) is 66.7 Å². The van der Waals surface area contributed by atoms with Crippen LogP contribution < -0.4 is 0 Å². The second-order valence-corrected chi connectivity index (χ2v) is 12.6. The zero-order chi connectivity index (χ0) is 27.9. The second kappa shape index (κ2) is 11.2. The lowest BCUT2D eigenvalue weighted by Gasteiger charge is -2.49. The van der Waals surface area contributed by atoms with E-state index >= 15 is 0 Å². The van der Waals surface area contributed by atoms with E-state index < -0.39 is 35.5 Å². The third kappa shape index (κ3) is 5.58. The van der Waals surface area contributed by atoms with E-state index in [1.54, 1.807) is 7.11 Å². The Bertz CT molecular complexity index is 1060. The molecule has 4 aliphatic heterocycles. The van der Waals surface area contributed by atoms with Gasteiger partial charge in [-0.2, -0.15) is 0 Å². The molecule has 4 heterocycles. The Balaban J connectivity index is 1.52. The van der Waals surface area contributed by atoms with Gasteiger partial charge < -0.3 is 28.8 Å². The molecule has 2 bridgehead atoms. The summed E-state index contributed by atoms with van der Waals surface area (Å²) in [7, 11) is 1.61. The summed E-state index contributed by atoms with van der Waals surface area (Å²) in [5.74, 6) is -1.33. The number of ether oxygens (including phenoxy) is 5. The Morgan fingerprint density at radius 2 is 1.92 bits per heavy atom. The summed E-state index contributed by atoms with van der Waals surface area (Å²) in [4.78, 5) is 13.9. The largest absolute Gasteiger partial charge is 0.462 e. The summed E-state index contributed by atoms with van der Waals surface area (Å²) in [6.07, 6.45) is 13.1. The summed E-state index contributed by atoms with van der Waals surface area (Å²) in [6, 6.07) is 0. The van der Waals surface area contributed by atoms with Crippen molar-refractivity contribution in [3.05, 3.63) is 47.1 Å². The zero-order valence-corrected chi connectivity index (χ0v) is 24.4. The minimum absolute atomic E-state index is 0.0660. The first kappa shape index (κ1) is 28.7. The van der Waals surface area contributed by atoms with Crippen molar-refractivity contribution in [2.24, 2.45) is 17.8 Å². The number of hydrogen-bond donors (Lipinski definition) is 1. The topological polar surface area (TPSA) is 83.5 Å². The maximum atomic E-state index is 13.9. The Morgan fingerprint density at radius 1 is 1.13 bits per heavy atom. The Morgan fingerprint density at radius 3 is 2.67 bits per heavy atom. The molecule has 39 heavy (non-hydrogen) atoms. The van der Waals surface area contributed by atoms with E-state index in [4.69, 9.17) is 23.7 Å². The molecule has 1 N–H and O–H groups in total. The van der Waals surface area contributed by atoms with Crippen molar-refractivity contribution in [3.63, 3.8) is 0 Å². The highest BCUT2D eigenvalue weighted by atomic mass is 16.7. The first-order valence-electron chi connectivity index (χ1n) is 14.7. The quantitative estimate of drug-likeness (QED) is 0.361. The van der Waals surface area contributed by atoms with Crippen molar-refractivity contribution in [2.45, 2.75) is 115 Å². The van der Waals surface area contributed by atoms with Gasteiger partial charge in [0.2, 0.25) is 0 Å². The van der Waals surface area contributed by atoms with Crippen LogP contribution in [0.4, 0.5) is 0 Å². The summed E-state index contributed by atoms with van der Waals surface area (Å²) in [6.45, 7) is 10.8. The molecule has 0 aromatic rings. The average molecular weight is 543 g/mol. The van der Waals surface area contributed by atoms with Crippen molar-refractivity contribution in [1.82, 2.24) is 0 Å². The molecule has 216 valence electrons. The van der Waals surface area contributed by atoms with Crippen molar-refractivity contribution in [3.8, 4) is 0 Å². The molecule has 0 amide bonds. The molecule has 10 atom stereocenters. The van der Waals surface area contributed by atoms with E-state index in [0.717, 1.165) is 31.3 Å². The Labute approximate surface area is 233 Å². The predicted octanol–water partition coefficient (Wildman–Crippen LogP) is 5.19. The van der Waals surface area contributed by atoms with Gasteiger partial charge in [-0.1, -0.05) is 49.8 Å². The summed E-state index contributed by atoms with van der Waals surface area (Å²) < 4.78 is 31.3. The van der Waals surface area contributed by atoms with Crippen LogP contribution in [0.25, 0.3) is 0 Å². The van der Waals surface area contributed by atoms with E-state index in [0.29, 0.717) is 30.3 Å². The highest BCUT2D eigenvalue weighted by Crippen LogP contribution is 2.47. The molecule has 0 saturated carbocycles. The molecule has 0 aromatic heterocycles. The SMILES string of the molecule is COC1C(C)=CC2C(=O)OC3CC(CC=C(C)CC(C)/C=C/C=C4COC1C42O)OC1(CCC(C)C(C)O1)C3. The molecular formula is C32H46O7. The van der Waals surface area contributed by atoms with Crippen molar-refractivity contribution < 1.29 is 33.6 Å². The van der Waals surface area contributed by atoms with Gasteiger partial charge >= 0.3 is 5.97 Å². The first-order valence-corrected chi connectivity index (χ1v) is 14.7. The fourth-order valence-electron chi connectivity index (χ4n) is 7.14. The summed E-state index contributed by atoms with van der Waals surface area (Å²) in [5.41, 5.74) is 1.27. The normalized spacial score (nSPS) is 46.0. The predicted molar refractivity (Wildman–Crippen MR) is 148 cm³/mol. The molecule has 3 saturated heterocycles. The van der Waals surface area contributed by atoms with E-state index in [-0.39, 0.29) is 24.9 Å². The number of rotatable bonds is 1. The van der Waals surface area contributed by atoms with Crippen LogP contribution in [0.3, 0.4) is 0 Å². The Kier molecular flexibility index (Phi) is 8.29. The third-order valence-electron chi connectivity index (χ3n) is 9.52. The molecule has 3 fully saturated rings. The second-order valence-electron chi connectivity index (χ2n) is 12.6. The minimum Gasteiger partial charge on any atom is -0.462 e. The number of fused-ring (bicyclic) bond motifs is 2. The molecule has 5 rings (SSSR count). The van der Waals surface area contributed by atoms with Crippen LogP contribution in [-0.2, 0) is 28.5 Å². The molecule has 5 aliphatic rings. The van der Waals surface area contributed by atoms with Gasteiger partial charge in [0, 0.05) is 26.4 Å². The van der Waals surface area contributed by atoms with Gasteiger partial charge in [-0.25, -0.2) is 0 Å². The molecule has 1 aliphatic carbocycles.